The van der Waals surface area contributed by atoms with E-state index >= 15 is 0 Å². The van der Waals surface area contributed by atoms with Gasteiger partial charge in [-0.3, -0.25) is 0 Å². The first-order valence-corrected chi connectivity index (χ1v) is 7.84. The Morgan fingerprint density at radius 2 is 1.17 bits per heavy atom. The fourth-order valence-corrected chi connectivity index (χ4v) is 2.44. The molecule has 1 rings (SSSR count). The van der Waals surface area contributed by atoms with E-state index in [-0.39, 0.29) is 11.9 Å². The van der Waals surface area contributed by atoms with Crippen molar-refractivity contribution in [1.29, 1.82) is 0 Å². The second kappa shape index (κ2) is 7.61. The molecule has 0 amide bonds. The zero-order valence-electron chi connectivity index (χ0n) is 14.2. The summed E-state index contributed by atoms with van der Waals surface area (Å²) in [6, 6.07) is 3.62. The molecule has 0 saturated carbocycles. The third-order valence-corrected chi connectivity index (χ3v) is 4.43. The molecule has 0 aromatic heterocycles. The number of rotatable bonds is 7. The van der Waals surface area contributed by atoms with Gasteiger partial charge in [0, 0.05) is 5.02 Å². The van der Waals surface area contributed by atoms with Gasteiger partial charge in [-0.25, -0.2) is 0 Å². The molecule has 1 aromatic carbocycles. The van der Waals surface area contributed by atoms with E-state index in [2.05, 4.69) is 0 Å². The second-order valence-corrected chi connectivity index (χ2v) is 6.64. The topological polar surface area (TPSA) is 20.2 Å². The van der Waals surface area contributed by atoms with Crippen LogP contribution in [0.2, 0.25) is 5.02 Å². The Hall–Kier alpha value is -1.44. The number of aliphatic hydroxyl groups excluding tert-OH is 1. The first-order chi connectivity index (χ1) is 13.1. The molecule has 0 spiro atoms. The van der Waals surface area contributed by atoms with Gasteiger partial charge in [-0.2, -0.15) is 57.1 Å². The smallest absolute Gasteiger partial charge is 0.388 e. The minimum atomic E-state index is -7.98. The highest BCUT2D eigenvalue weighted by Crippen LogP contribution is 2.61. The monoisotopic (exact) mass is 488 g/mol. The van der Waals surface area contributed by atoms with Gasteiger partial charge in [-0.1, -0.05) is 30.7 Å². The summed E-state index contributed by atoms with van der Waals surface area (Å²) in [7, 11) is 0. The van der Waals surface area contributed by atoms with Gasteiger partial charge < -0.3 is 5.11 Å². The molecular weight excluding hydrogens is 479 g/mol. The lowest BCUT2D eigenvalue weighted by Crippen LogP contribution is -2.71. The number of aliphatic hydroxyl groups is 1. The molecule has 15 heteroatoms. The summed E-state index contributed by atoms with van der Waals surface area (Å²) in [6.07, 6.45) is -10.3. The Morgan fingerprint density at radius 1 is 0.733 bits per heavy atom. The molecule has 0 fully saturated rings. The van der Waals surface area contributed by atoms with Crippen molar-refractivity contribution in [1.82, 2.24) is 0 Å². The van der Waals surface area contributed by atoms with Crippen LogP contribution in [0.3, 0.4) is 0 Å². The van der Waals surface area contributed by atoms with Crippen LogP contribution in [-0.4, -0.2) is 40.9 Å². The standard InChI is InChI=1S/C15H10ClF13O/c1-6(9(30)7-3-2-4-8(16)5-7)10(17,18)11(19,20)12(21,22)13(23,24)14(25,26)15(27,28)29/h2-6,9,30H,1H3. The molecule has 2 unspecified atom stereocenters. The van der Waals surface area contributed by atoms with Crippen LogP contribution >= 0.6 is 11.6 Å². The Labute approximate surface area is 164 Å². The Bertz CT molecular complexity index is 759. The average molecular weight is 489 g/mol. The van der Waals surface area contributed by atoms with Gasteiger partial charge in [-0.15, -0.1) is 0 Å². The molecule has 174 valence electrons. The molecule has 30 heavy (non-hydrogen) atoms. The van der Waals surface area contributed by atoms with Gasteiger partial charge in [0.05, 0.1) is 12.0 Å². The minimum Gasteiger partial charge on any atom is -0.388 e. The fraction of sp³-hybridized carbons (Fsp3) is 0.600. The predicted octanol–water partition coefficient (Wildman–Crippen LogP) is 6.75. The first-order valence-electron chi connectivity index (χ1n) is 7.46. The highest BCUT2D eigenvalue weighted by atomic mass is 35.5. The van der Waals surface area contributed by atoms with Crippen molar-refractivity contribution in [2.75, 3.05) is 0 Å². The maximum absolute atomic E-state index is 14.1. The van der Waals surface area contributed by atoms with Crippen LogP contribution in [0.4, 0.5) is 57.1 Å². The van der Waals surface area contributed by atoms with Crippen molar-refractivity contribution in [3.05, 3.63) is 34.9 Å². The molecule has 1 aromatic rings. The van der Waals surface area contributed by atoms with Gasteiger partial charge >= 0.3 is 35.8 Å². The zero-order valence-corrected chi connectivity index (χ0v) is 15.0. The van der Waals surface area contributed by atoms with E-state index in [1.54, 1.807) is 0 Å². The van der Waals surface area contributed by atoms with Crippen molar-refractivity contribution in [2.24, 2.45) is 5.92 Å². The third kappa shape index (κ3) is 3.80. The molecule has 0 saturated heterocycles. The van der Waals surface area contributed by atoms with Gasteiger partial charge in [0.1, 0.15) is 0 Å². The van der Waals surface area contributed by atoms with Crippen LogP contribution in [-0.2, 0) is 0 Å². The second-order valence-electron chi connectivity index (χ2n) is 6.21. The maximum Gasteiger partial charge on any atom is 0.460 e. The third-order valence-electron chi connectivity index (χ3n) is 4.19. The molecule has 1 N–H and O–H groups in total. The molecule has 0 aliphatic rings. The SMILES string of the molecule is CC(C(O)c1cccc(Cl)c1)C(F)(F)C(F)(F)C(F)(F)C(F)(F)C(F)(F)C(F)(F)F. The van der Waals surface area contributed by atoms with Gasteiger partial charge in [-0.05, 0) is 17.7 Å². The van der Waals surface area contributed by atoms with Gasteiger partial charge in [0.15, 0.2) is 0 Å². The molecule has 0 bridgehead atoms. The normalized spacial score (nSPS) is 17.1. The van der Waals surface area contributed by atoms with Crippen molar-refractivity contribution < 1.29 is 62.2 Å². The van der Waals surface area contributed by atoms with Crippen LogP contribution in [0.25, 0.3) is 0 Å². The maximum atomic E-state index is 14.1. The quantitative estimate of drug-likeness (QED) is 0.421. The number of benzene rings is 1. The molecule has 1 nitrogen and oxygen atoms in total. The lowest BCUT2D eigenvalue weighted by molar-refractivity contribution is -0.444. The fourth-order valence-electron chi connectivity index (χ4n) is 2.25. The zero-order chi connectivity index (χ0) is 24.1. The van der Waals surface area contributed by atoms with Gasteiger partial charge in [0.2, 0.25) is 0 Å². The van der Waals surface area contributed by atoms with Crippen LogP contribution in [0.1, 0.15) is 18.6 Å². The molecular formula is C15H10ClF13O. The van der Waals surface area contributed by atoms with E-state index in [4.69, 9.17) is 11.6 Å². The summed E-state index contributed by atoms with van der Waals surface area (Å²) in [5.41, 5.74) is -0.679. The van der Waals surface area contributed by atoms with E-state index in [0.29, 0.717) is 6.07 Å². The Morgan fingerprint density at radius 3 is 1.57 bits per heavy atom. The van der Waals surface area contributed by atoms with E-state index in [0.717, 1.165) is 18.2 Å². The molecule has 0 aliphatic carbocycles. The van der Waals surface area contributed by atoms with Crippen molar-refractivity contribution in [3.8, 4) is 0 Å². The van der Waals surface area contributed by atoms with E-state index in [9.17, 15) is 62.2 Å². The van der Waals surface area contributed by atoms with Crippen molar-refractivity contribution >= 4 is 11.6 Å². The summed E-state index contributed by atoms with van der Waals surface area (Å²) in [6.45, 7) is -0.0321. The summed E-state index contributed by atoms with van der Waals surface area (Å²) in [5.74, 6) is -40.9. The predicted molar refractivity (Wildman–Crippen MR) is 76.4 cm³/mol. The van der Waals surface area contributed by atoms with Crippen molar-refractivity contribution in [2.45, 2.75) is 48.8 Å². The summed E-state index contributed by atoms with van der Waals surface area (Å²) in [4.78, 5) is 0. The first kappa shape index (κ1) is 26.6. The Kier molecular flexibility index (Phi) is 6.74. The van der Waals surface area contributed by atoms with Crippen LogP contribution in [0.5, 0.6) is 0 Å². The summed E-state index contributed by atoms with van der Waals surface area (Å²) >= 11 is 5.47. The highest BCUT2D eigenvalue weighted by molar-refractivity contribution is 6.30. The number of halogens is 14. The number of hydrogen-bond acceptors (Lipinski definition) is 1. The molecule has 0 aliphatic heterocycles. The van der Waals surface area contributed by atoms with Crippen LogP contribution in [0.15, 0.2) is 24.3 Å². The average Bonchev–Trinajstić information content (AvgIpc) is 2.58. The highest BCUT2D eigenvalue weighted by Gasteiger charge is 2.91. The number of alkyl halides is 13. The minimum absolute atomic E-state index is 0.0321. The lowest BCUT2D eigenvalue weighted by atomic mass is 9.83. The largest absolute Gasteiger partial charge is 0.460 e. The Balaban J connectivity index is 3.47. The summed E-state index contributed by atoms with van der Waals surface area (Å²) in [5, 5.41) is 9.48. The van der Waals surface area contributed by atoms with E-state index in [1.807, 2.05) is 0 Å². The van der Waals surface area contributed by atoms with Gasteiger partial charge in [0.25, 0.3) is 0 Å². The lowest BCUT2D eigenvalue weighted by Gasteiger charge is -2.42. The van der Waals surface area contributed by atoms with Crippen LogP contribution < -0.4 is 0 Å². The van der Waals surface area contributed by atoms with E-state index in [1.165, 1.54) is 0 Å². The van der Waals surface area contributed by atoms with Crippen LogP contribution in [0, 0.1) is 5.92 Å². The number of hydrogen-bond donors (Lipinski definition) is 1. The molecule has 0 heterocycles. The molecule has 0 radical (unpaired) electrons. The van der Waals surface area contributed by atoms with Crippen molar-refractivity contribution in [3.63, 3.8) is 0 Å². The molecule has 2 atom stereocenters. The summed E-state index contributed by atoms with van der Waals surface area (Å²) < 4.78 is 171. The van der Waals surface area contributed by atoms with E-state index < -0.39 is 53.4 Å².